The van der Waals surface area contributed by atoms with Crippen LogP contribution in [0, 0.1) is 13.8 Å². The molecular formula is C19H18N4O4. The summed E-state index contributed by atoms with van der Waals surface area (Å²) in [5, 5.41) is 15.3. The number of benzene rings is 1. The van der Waals surface area contributed by atoms with Crippen molar-refractivity contribution in [1.29, 1.82) is 0 Å². The Bertz CT molecular complexity index is 1080. The van der Waals surface area contributed by atoms with Crippen molar-refractivity contribution in [2.24, 2.45) is 10.8 Å². The molecule has 0 radical (unpaired) electrons. The third kappa shape index (κ3) is 3.12. The molecule has 2 amide bonds. The number of nitrogens with two attached hydrogens (primary N) is 1. The Morgan fingerprint density at radius 3 is 2.41 bits per heavy atom. The molecule has 1 aliphatic rings. The minimum Gasteiger partial charge on any atom is -0.494 e. The van der Waals surface area contributed by atoms with Crippen LogP contribution in [0.15, 0.2) is 39.7 Å². The highest BCUT2D eigenvalue weighted by Crippen LogP contribution is 2.26. The predicted molar refractivity (Wildman–Crippen MR) is 102 cm³/mol. The van der Waals surface area contributed by atoms with Crippen LogP contribution in [0.4, 0.5) is 5.69 Å². The standard InChI is InChI=1S/C19H18N4O4/c1-9-4-6-12(7-5-9)23-19(27)14(11(3)22-23)8-13-10(2)15(16(20)24)18(26)21-17(13)25/h4-8H,1-3H3,(H2,20,24)(H2,21,25,26)/b14-8-. The lowest BCUT2D eigenvalue weighted by molar-refractivity contribution is -0.114. The molecule has 2 heterocycles. The summed E-state index contributed by atoms with van der Waals surface area (Å²) in [5.41, 5.74) is 6.96. The SMILES string of the molecule is CC1=NN(c2ccc(C)cc2)C(=O)/C1=C\c1c(C)c(C(N)=O)c(O)[nH]c1=O. The first-order valence-corrected chi connectivity index (χ1v) is 8.14. The van der Waals surface area contributed by atoms with E-state index in [1.54, 1.807) is 19.1 Å². The summed E-state index contributed by atoms with van der Waals surface area (Å²) in [6.07, 6.45) is 1.36. The fraction of sp³-hybridized carbons (Fsp3) is 0.158. The average Bonchev–Trinajstić information content (AvgIpc) is 2.86. The van der Waals surface area contributed by atoms with Gasteiger partial charge >= 0.3 is 0 Å². The van der Waals surface area contributed by atoms with Crippen LogP contribution in [-0.2, 0) is 4.79 Å². The normalized spacial score (nSPS) is 15.4. The number of nitrogens with zero attached hydrogens (tertiary/aromatic N) is 2. The number of hydrogen-bond acceptors (Lipinski definition) is 5. The maximum Gasteiger partial charge on any atom is 0.280 e. The fourth-order valence-electron chi connectivity index (χ4n) is 2.88. The molecule has 0 saturated carbocycles. The largest absolute Gasteiger partial charge is 0.494 e. The first kappa shape index (κ1) is 18.1. The van der Waals surface area contributed by atoms with Crippen LogP contribution in [0.25, 0.3) is 6.08 Å². The van der Waals surface area contributed by atoms with Gasteiger partial charge in [-0.1, -0.05) is 17.7 Å². The molecule has 0 fully saturated rings. The summed E-state index contributed by atoms with van der Waals surface area (Å²) in [7, 11) is 0. The van der Waals surface area contributed by atoms with Crippen LogP contribution in [0.3, 0.4) is 0 Å². The lowest BCUT2D eigenvalue weighted by Gasteiger charge is -2.12. The van der Waals surface area contributed by atoms with Crippen molar-refractivity contribution in [2.45, 2.75) is 20.8 Å². The first-order chi connectivity index (χ1) is 12.7. The third-order valence-corrected chi connectivity index (χ3v) is 4.37. The summed E-state index contributed by atoms with van der Waals surface area (Å²) >= 11 is 0. The molecule has 2 aromatic rings. The summed E-state index contributed by atoms with van der Waals surface area (Å²) in [5.74, 6) is -1.88. The molecule has 1 aromatic carbocycles. The van der Waals surface area contributed by atoms with Crippen LogP contribution in [0.2, 0.25) is 0 Å². The molecule has 0 aliphatic carbocycles. The van der Waals surface area contributed by atoms with Gasteiger partial charge in [-0.15, -0.1) is 0 Å². The Balaban J connectivity index is 2.09. The number of aryl methyl sites for hydroxylation is 1. The van der Waals surface area contributed by atoms with Crippen LogP contribution in [0.5, 0.6) is 5.88 Å². The molecule has 1 aromatic heterocycles. The van der Waals surface area contributed by atoms with Crippen molar-refractivity contribution in [1.82, 2.24) is 4.98 Å². The van der Waals surface area contributed by atoms with Gasteiger partial charge in [0.1, 0.15) is 5.56 Å². The van der Waals surface area contributed by atoms with Gasteiger partial charge in [-0.2, -0.15) is 10.1 Å². The number of hydrazone groups is 1. The number of anilines is 1. The van der Waals surface area contributed by atoms with E-state index in [9.17, 15) is 19.5 Å². The number of aromatic hydroxyl groups is 1. The van der Waals surface area contributed by atoms with E-state index in [-0.39, 0.29) is 22.3 Å². The van der Waals surface area contributed by atoms with E-state index in [1.165, 1.54) is 18.0 Å². The van der Waals surface area contributed by atoms with Crippen molar-refractivity contribution in [3.63, 3.8) is 0 Å². The molecule has 138 valence electrons. The Hall–Kier alpha value is -3.68. The Morgan fingerprint density at radius 1 is 1.19 bits per heavy atom. The number of carbonyl (C=O) groups is 2. The van der Waals surface area contributed by atoms with Gasteiger partial charge in [0.2, 0.25) is 5.88 Å². The zero-order valence-electron chi connectivity index (χ0n) is 15.0. The molecule has 8 nitrogen and oxygen atoms in total. The molecule has 27 heavy (non-hydrogen) atoms. The number of amides is 2. The number of nitrogens with one attached hydrogen (secondary N) is 1. The molecule has 1 aliphatic heterocycles. The third-order valence-electron chi connectivity index (χ3n) is 4.37. The number of primary amides is 1. The van der Waals surface area contributed by atoms with E-state index in [2.05, 4.69) is 10.1 Å². The Morgan fingerprint density at radius 2 is 1.81 bits per heavy atom. The molecule has 0 unspecified atom stereocenters. The average molecular weight is 366 g/mol. The summed E-state index contributed by atoms with van der Waals surface area (Å²) < 4.78 is 0. The Kier molecular flexibility index (Phi) is 4.40. The predicted octanol–water partition coefficient (Wildman–Crippen LogP) is 1.60. The highest BCUT2D eigenvalue weighted by Gasteiger charge is 2.29. The van der Waals surface area contributed by atoms with Crippen LogP contribution in [-0.4, -0.2) is 27.6 Å². The second-order valence-electron chi connectivity index (χ2n) is 6.28. The summed E-state index contributed by atoms with van der Waals surface area (Å²) in [6, 6.07) is 7.28. The van der Waals surface area contributed by atoms with Crippen molar-refractivity contribution in [2.75, 3.05) is 5.01 Å². The van der Waals surface area contributed by atoms with Gasteiger partial charge < -0.3 is 10.8 Å². The molecule has 4 N–H and O–H groups in total. The molecular weight excluding hydrogens is 348 g/mol. The van der Waals surface area contributed by atoms with E-state index in [0.29, 0.717) is 11.4 Å². The lowest BCUT2D eigenvalue weighted by atomic mass is 10.0. The monoisotopic (exact) mass is 366 g/mol. The van der Waals surface area contributed by atoms with Crippen molar-refractivity contribution in [3.05, 3.63) is 62.4 Å². The van der Waals surface area contributed by atoms with E-state index < -0.39 is 23.3 Å². The quantitative estimate of drug-likeness (QED) is 0.713. The molecule has 0 bridgehead atoms. The molecule has 8 heteroatoms. The highest BCUT2D eigenvalue weighted by atomic mass is 16.3. The number of pyridine rings is 1. The number of carbonyl (C=O) groups excluding carboxylic acids is 2. The molecule has 0 spiro atoms. The van der Waals surface area contributed by atoms with Crippen LogP contribution >= 0.6 is 0 Å². The zero-order valence-corrected chi connectivity index (χ0v) is 15.0. The minimum atomic E-state index is -0.884. The molecule has 3 rings (SSSR count). The number of hydrogen-bond donors (Lipinski definition) is 3. The van der Waals surface area contributed by atoms with E-state index in [1.807, 2.05) is 19.1 Å². The minimum absolute atomic E-state index is 0.0604. The number of aromatic amines is 1. The van der Waals surface area contributed by atoms with Crippen molar-refractivity contribution >= 4 is 29.3 Å². The number of H-pyrrole nitrogens is 1. The van der Waals surface area contributed by atoms with Gasteiger partial charge in [-0.25, -0.2) is 0 Å². The number of aromatic nitrogens is 1. The maximum absolute atomic E-state index is 12.8. The van der Waals surface area contributed by atoms with E-state index in [0.717, 1.165) is 5.56 Å². The second-order valence-corrected chi connectivity index (χ2v) is 6.28. The van der Waals surface area contributed by atoms with Gasteiger partial charge in [0, 0.05) is 5.56 Å². The first-order valence-electron chi connectivity index (χ1n) is 8.14. The second kappa shape index (κ2) is 6.56. The van der Waals surface area contributed by atoms with E-state index >= 15 is 0 Å². The maximum atomic E-state index is 12.8. The van der Waals surface area contributed by atoms with Crippen molar-refractivity contribution < 1.29 is 14.7 Å². The fourth-order valence-corrected chi connectivity index (χ4v) is 2.88. The number of rotatable bonds is 3. The van der Waals surface area contributed by atoms with Gasteiger partial charge in [0.05, 0.1) is 17.0 Å². The zero-order chi connectivity index (χ0) is 19.9. The van der Waals surface area contributed by atoms with Gasteiger partial charge in [-0.05, 0) is 44.5 Å². The van der Waals surface area contributed by atoms with Gasteiger partial charge in [0.15, 0.2) is 0 Å². The van der Waals surface area contributed by atoms with E-state index in [4.69, 9.17) is 5.73 Å². The lowest BCUT2D eigenvalue weighted by Crippen LogP contribution is -2.23. The molecule has 0 atom stereocenters. The van der Waals surface area contributed by atoms with Gasteiger partial charge in [0.25, 0.3) is 17.4 Å². The smallest absolute Gasteiger partial charge is 0.280 e. The van der Waals surface area contributed by atoms with Crippen LogP contribution < -0.4 is 16.3 Å². The molecule has 0 saturated heterocycles. The summed E-state index contributed by atoms with van der Waals surface area (Å²) in [4.78, 5) is 38.8. The van der Waals surface area contributed by atoms with Crippen LogP contribution in [0.1, 0.15) is 34.0 Å². The summed E-state index contributed by atoms with van der Waals surface area (Å²) in [6.45, 7) is 5.06. The van der Waals surface area contributed by atoms with Crippen molar-refractivity contribution in [3.8, 4) is 5.88 Å². The Labute approximate surface area is 154 Å². The highest BCUT2D eigenvalue weighted by molar-refractivity contribution is 6.32. The van der Waals surface area contributed by atoms with Gasteiger partial charge in [-0.3, -0.25) is 19.4 Å². The topological polar surface area (TPSA) is 129 Å².